The molecule has 254 valence electrons. The second kappa shape index (κ2) is 14.7. The van der Waals surface area contributed by atoms with Gasteiger partial charge in [-0.2, -0.15) is 0 Å². The van der Waals surface area contributed by atoms with Crippen LogP contribution in [0.15, 0.2) is 194 Å². The summed E-state index contributed by atoms with van der Waals surface area (Å²) in [4.78, 5) is 29.3. The van der Waals surface area contributed by atoms with Crippen LogP contribution in [0.1, 0.15) is 0 Å². The molecule has 0 N–H and O–H groups in total. The smallest absolute Gasteiger partial charge is 0.164 e. The standard InChI is InChI=1S/C48H32N6/c1-4-14-33(15-5-1)39-31-44(42-22-12-13-28-49-42)51-45(32-39)43-30-38(27-29-50-43)34-23-25-35(26-24-34)40-20-10-11-21-41(40)48-53-46(36-16-6-2-7-17-36)52-47(54-48)37-18-8-3-9-19-37/h1-32H. The van der Waals surface area contributed by atoms with Gasteiger partial charge in [-0.1, -0.05) is 146 Å². The van der Waals surface area contributed by atoms with E-state index >= 15 is 0 Å². The van der Waals surface area contributed by atoms with E-state index in [1.807, 2.05) is 115 Å². The first-order valence-corrected chi connectivity index (χ1v) is 17.8. The third-order valence-electron chi connectivity index (χ3n) is 9.28. The SMILES string of the molecule is c1ccc(-c2cc(-c3ccccn3)nc(-c3cc(-c4ccc(-c5ccccc5-c5nc(-c6ccccc6)nc(-c6ccccc6)n5)cc4)ccn3)c2)cc1. The van der Waals surface area contributed by atoms with Crippen molar-refractivity contribution >= 4 is 0 Å². The molecule has 0 unspecified atom stereocenters. The first-order valence-electron chi connectivity index (χ1n) is 17.8. The van der Waals surface area contributed by atoms with Crippen LogP contribution in [0.5, 0.6) is 0 Å². The lowest BCUT2D eigenvalue weighted by atomic mass is 9.96. The molecule has 0 radical (unpaired) electrons. The van der Waals surface area contributed by atoms with Crippen molar-refractivity contribution in [3.63, 3.8) is 0 Å². The highest BCUT2D eigenvalue weighted by molar-refractivity contribution is 5.83. The molecular weight excluding hydrogens is 661 g/mol. The number of hydrogen-bond donors (Lipinski definition) is 0. The fourth-order valence-electron chi connectivity index (χ4n) is 6.56. The topological polar surface area (TPSA) is 77.3 Å². The Morgan fingerprint density at radius 2 is 0.722 bits per heavy atom. The molecule has 9 aromatic rings. The zero-order valence-electron chi connectivity index (χ0n) is 29.2. The van der Waals surface area contributed by atoms with Crippen molar-refractivity contribution in [3.05, 3.63) is 194 Å². The second-order valence-corrected chi connectivity index (χ2v) is 12.8. The van der Waals surface area contributed by atoms with Crippen molar-refractivity contribution in [1.29, 1.82) is 0 Å². The van der Waals surface area contributed by atoms with Gasteiger partial charge in [-0.05, 0) is 69.8 Å². The first kappa shape index (κ1) is 32.5. The van der Waals surface area contributed by atoms with Crippen LogP contribution < -0.4 is 0 Å². The molecule has 5 aromatic carbocycles. The van der Waals surface area contributed by atoms with E-state index < -0.39 is 0 Å². The largest absolute Gasteiger partial charge is 0.255 e. The first-order chi connectivity index (χ1) is 26.7. The highest BCUT2D eigenvalue weighted by Crippen LogP contribution is 2.35. The van der Waals surface area contributed by atoms with Crippen LogP contribution >= 0.6 is 0 Å². The van der Waals surface area contributed by atoms with Crippen molar-refractivity contribution in [2.45, 2.75) is 0 Å². The third kappa shape index (κ3) is 6.79. The Hall–Kier alpha value is -7.44. The van der Waals surface area contributed by atoms with Gasteiger partial charge in [-0.15, -0.1) is 0 Å². The maximum atomic E-state index is 5.04. The van der Waals surface area contributed by atoms with Crippen molar-refractivity contribution in [3.8, 4) is 90.3 Å². The summed E-state index contributed by atoms with van der Waals surface area (Å²) in [5, 5.41) is 0. The number of hydrogen-bond acceptors (Lipinski definition) is 6. The van der Waals surface area contributed by atoms with E-state index in [-0.39, 0.29) is 0 Å². The number of aromatic nitrogens is 6. The lowest BCUT2D eigenvalue weighted by Crippen LogP contribution is -2.01. The fraction of sp³-hybridized carbons (Fsp3) is 0. The van der Waals surface area contributed by atoms with Gasteiger partial charge in [0, 0.05) is 29.1 Å². The number of pyridine rings is 3. The van der Waals surface area contributed by atoms with Gasteiger partial charge < -0.3 is 0 Å². The summed E-state index contributed by atoms with van der Waals surface area (Å²) >= 11 is 0. The molecule has 0 saturated carbocycles. The van der Waals surface area contributed by atoms with Gasteiger partial charge in [0.1, 0.15) is 0 Å². The molecule has 0 fully saturated rings. The van der Waals surface area contributed by atoms with Crippen LogP contribution in [0.25, 0.3) is 90.3 Å². The van der Waals surface area contributed by atoms with Crippen LogP contribution in [0, 0.1) is 0 Å². The summed E-state index contributed by atoms with van der Waals surface area (Å²) in [6, 6.07) is 61.5. The second-order valence-electron chi connectivity index (χ2n) is 12.8. The molecule has 0 amide bonds. The normalized spacial score (nSPS) is 11.0. The highest BCUT2D eigenvalue weighted by atomic mass is 15.0. The van der Waals surface area contributed by atoms with E-state index in [0.29, 0.717) is 17.5 Å². The molecule has 0 saturated heterocycles. The summed E-state index contributed by atoms with van der Waals surface area (Å²) in [6.45, 7) is 0. The van der Waals surface area contributed by atoms with Crippen LogP contribution in [0.4, 0.5) is 0 Å². The minimum absolute atomic E-state index is 0.622. The molecule has 0 aliphatic carbocycles. The predicted octanol–water partition coefficient (Wildman–Crippen LogP) is 11.4. The molecule has 4 heterocycles. The van der Waals surface area contributed by atoms with Crippen LogP contribution in [0.2, 0.25) is 0 Å². The van der Waals surface area contributed by atoms with Gasteiger partial charge in [0.15, 0.2) is 17.5 Å². The Balaban J connectivity index is 1.08. The van der Waals surface area contributed by atoms with Gasteiger partial charge in [-0.25, -0.2) is 19.9 Å². The summed E-state index contributed by atoms with van der Waals surface area (Å²) in [5.74, 6) is 1.89. The number of benzene rings is 5. The van der Waals surface area contributed by atoms with E-state index in [4.69, 9.17) is 24.9 Å². The molecule has 0 spiro atoms. The lowest BCUT2D eigenvalue weighted by molar-refractivity contribution is 1.07. The quantitative estimate of drug-likeness (QED) is 0.158. The lowest BCUT2D eigenvalue weighted by Gasteiger charge is -2.13. The van der Waals surface area contributed by atoms with E-state index in [0.717, 1.165) is 72.8 Å². The van der Waals surface area contributed by atoms with Crippen molar-refractivity contribution in [2.24, 2.45) is 0 Å². The van der Waals surface area contributed by atoms with Gasteiger partial charge in [0.05, 0.1) is 22.8 Å². The van der Waals surface area contributed by atoms with Gasteiger partial charge >= 0.3 is 0 Å². The molecule has 6 heteroatoms. The van der Waals surface area contributed by atoms with Crippen LogP contribution in [-0.2, 0) is 0 Å². The minimum Gasteiger partial charge on any atom is -0.255 e. The Kier molecular flexibility index (Phi) is 8.81. The van der Waals surface area contributed by atoms with Crippen molar-refractivity contribution in [2.75, 3.05) is 0 Å². The molecule has 0 bridgehead atoms. The van der Waals surface area contributed by atoms with Crippen LogP contribution in [0.3, 0.4) is 0 Å². The highest BCUT2D eigenvalue weighted by Gasteiger charge is 2.16. The van der Waals surface area contributed by atoms with E-state index in [9.17, 15) is 0 Å². The maximum absolute atomic E-state index is 5.04. The van der Waals surface area contributed by atoms with Gasteiger partial charge in [0.2, 0.25) is 0 Å². The molecule has 9 rings (SSSR count). The maximum Gasteiger partial charge on any atom is 0.164 e. The minimum atomic E-state index is 0.622. The molecule has 54 heavy (non-hydrogen) atoms. The zero-order chi connectivity index (χ0) is 36.1. The van der Waals surface area contributed by atoms with Crippen molar-refractivity contribution in [1.82, 2.24) is 29.9 Å². The summed E-state index contributed by atoms with van der Waals surface area (Å²) in [7, 11) is 0. The fourth-order valence-corrected chi connectivity index (χ4v) is 6.56. The molecule has 0 aliphatic rings. The zero-order valence-corrected chi connectivity index (χ0v) is 29.2. The van der Waals surface area contributed by atoms with Crippen molar-refractivity contribution < 1.29 is 0 Å². The molecule has 0 aliphatic heterocycles. The monoisotopic (exact) mass is 692 g/mol. The average molecular weight is 693 g/mol. The molecule has 0 atom stereocenters. The van der Waals surface area contributed by atoms with E-state index in [1.54, 1.807) is 6.20 Å². The van der Waals surface area contributed by atoms with Gasteiger partial charge in [-0.3, -0.25) is 9.97 Å². The summed E-state index contributed by atoms with van der Waals surface area (Å²) in [5.41, 5.74) is 12.4. The average Bonchev–Trinajstić information content (AvgIpc) is 3.27. The summed E-state index contributed by atoms with van der Waals surface area (Å²) < 4.78 is 0. The number of rotatable bonds is 8. The Labute approximate surface area is 313 Å². The molecule has 4 aromatic heterocycles. The Morgan fingerprint density at radius 3 is 1.35 bits per heavy atom. The van der Waals surface area contributed by atoms with Crippen LogP contribution in [-0.4, -0.2) is 29.9 Å². The Morgan fingerprint density at radius 1 is 0.241 bits per heavy atom. The molecular formula is C48H32N6. The Bertz CT molecular complexity index is 2570. The van der Waals surface area contributed by atoms with Gasteiger partial charge in [0.25, 0.3) is 0 Å². The molecule has 6 nitrogen and oxygen atoms in total. The summed E-state index contributed by atoms with van der Waals surface area (Å²) in [6.07, 6.45) is 3.64. The van der Waals surface area contributed by atoms with E-state index in [2.05, 4.69) is 77.8 Å². The van der Waals surface area contributed by atoms with E-state index in [1.165, 1.54) is 0 Å². The number of nitrogens with zero attached hydrogens (tertiary/aromatic N) is 6. The third-order valence-corrected chi connectivity index (χ3v) is 9.28. The predicted molar refractivity (Wildman–Crippen MR) is 217 cm³/mol.